The number of aliphatic carboxylic acids is 1. The number of benzene rings is 1. The number of aromatic nitrogens is 5. The molecule has 0 fully saturated rings. The molecule has 0 aliphatic carbocycles. The summed E-state index contributed by atoms with van der Waals surface area (Å²) in [6, 6.07) is 11.1. The first kappa shape index (κ1) is 25.3. The molecule has 5 rings (SSSR count). The van der Waals surface area contributed by atoms with E-state index < -0.39 is 11.4 Å². The predicted octanol–water partition coefficient (Wildman–Crippen LogP) is 4.18. The van der Waals surface area contributed by atoms with Gasteiger partial charge < -0.3 is 16.2 Å². The van der Waals surface area contributed by atoms with Gasteiger partial charge in [-0.05, 0) is 48.4 Å². The summed E-state index contributed by atoms with van der Waals surface area (Å²) in [6.45, 7) is 9.02. The SMILES string of the molecule is CC(C)(C)CCn1nc(-c2nc(N)c3c(n2)NC(=O)[C@@]3(C)c2ccc(CCC(=O)O)cc2)c2cccnc21. The number of carboxylic acids is 1. The average molecular weight is 514 g/mol. The van der Waals surface area contributed by atoms with Crippen LogP contribution >= 0.6 is 0 Å². The van der Waals surface area contributed by atoms with Gasteiger partial charge in [0.1, 0.15) is 22.7 Å². The molecular formula is C28H31N7O3. The molecule has 0 bridgehead atoms. The fourth-order valence-electron chi connectivity index (χ4n) is 4.82. The summed E-state index contributed by atoms with van der Waals surface area (Å²) < 4.78 is 1.87. The Bertz CT molecular complexity index is 1550. The quantitative estimate of drug-likeness (QED) is 0.333. The largest absolute Gasteiger partial charge is 0.481 e. The van der Waals surface area contributed by atoms with E-state index in [-0.39, 0.29) is 23.6 Å². The third-order valence-corrected chi connectivity index (χ3v) is 7.07. The molecule has 0 unspecified atom stereocenters. The maximum absolute atomic E-state index is 13.3. The smallest absolute Gasteiger partial charge is 0.303 e. The topological polar surface area (TPSA) is 149 Å². The number of nitrogen functional groups attached to an aromatic ring is 1. The van der Waals surface area contributed by atoms with Gasteiger partial charge in [-0.1, -0.05) is 45.0 Å². The zero-order valence-corrected chi connectivity index (χ0v) is 21.9. The molecule has 1 aromatic carbocycles. The van der Waals surface area contributed by atoms with E-state index in [1.54, 1.807) is 13.1 Å². The molecule has 0 saturated heterocycles. The highest BCUT2D eigenvalue weighted by Gasteiger charge is 2.47. The summed E-state index contributed by atoms with van der Waals surface area (Å²) in [7, 11) is 0. The van der Waals surface area contributed by atoms with E-state index in [1.807, 2.05) is 41.1 Å². The minimum atomic E-state index is -1.10. The number of nitrogens with two attached hydrogens (primary N) is 1. The second kappa shape index (κ2) is 9.20. The molecule has 4 N–H and O–H groups in total. The number of carbonyl (C=O) groups excluding carboxylic acids is 1. The monoisotopic (exact) mass is 513 g/mol. The summed E-state index contributed by atoms with van der Waals surface area (Å²) in [5.74, 6) is -0.236. The van der Waals surface area contributed by atoms with Gasteiger partial charge in [0.25, 0.3) is 0 Å². The standard InChI is InChI=1S/C28H31N7O3/c1-27(2,3)13-15-35-25-18(6-5-14-30-25)21(34-35)24-31-22(29)20-23(32-24)33-26(38)28(20,4)17-10-7-16(8-11-17)9-12-19(36)37/h5-8,10-11,14H,9,12-13,15H2,1-4H3,(H,36,37)(H3,29,31,32,33,38)/t28-/m0/s1. The van der Waals surface area contributed by atoms with E-state index in [2.05, 4.69) is 36.1 Å². The Morgan fingerprint density at radius 1 is 1.16 bits per heavy atom. The van der Waals surface area contributed by atoms with Gasteiger partial charge in [0.15, 0.2) is 11.5 Å². The number of hydrogen-bond acceptors (Lipinski definition) is 7. The van der Waals surface area contributed by atoms with Gasteiger partial charge in [0.2, 0.25) is 5.91 Å². The van der Waals surface area contributed by atoms with E-state index in [9.17, 15) is 9.59 Å². The number of pyridine rings is 1. The molecule has 38 heavy (non-hydrogen) atoms. The van der Waals surface area contributed by atoms with Crippen LogP contribution in [0, 0.1) is 5.41 Å². The van der Waals surface area contributed by atoms with Crippen LogP contribution in [0.3, 0.4) is 0 Å². The van der Waals surface area contributed by atoms with Crippen LogP contribution in [0.25, 0.3) is 22.6 Å². The van der Waals surface area contributed by atoms with Crippen molar-refractivity contribution in [3.05, 3.63) is 59.3 Å². The van der Waals surface area contributed by atoms with E-state index in [4.69, 9.17) is 20.9 Å². The highest BCUT2D eigenvalue weighted by Crippen LogP contribution is 2.45. The number of amides is 1. The minimum absolute atomic E-state index is 0.0413. The van der Waals surface area contributed by atoms with E-state index in [0.717, 1.165) is 28.6 Å². The first-order valence-corrected chi connectivity index (χ1v) is 12.6. The molecular weight excluding hydrogens is 482 g/mol. The lowest BCUT2D eigenvalue weighted by molar-refractivity contribution is -0.137. The van der Waals surface area contributed by atoms with Crippen molar-refractivity contribution in [2.45, 2.75) is 58.9 Å². The zero-order valence-electron chi connectivity index (χ0n) is 21.9. The molecule has 1 aliphatic rings. The maximum Gasteiger partial charge on any atom is 0.303 e. The number of hydrogen-bond donors (Lipinski definition) is 3. The summed E-state index contributed by atoms with van der Waals surface area (Å²) in [5, 5.41) is 17.5. The fourth-order valence-corrected chi connectivity index (χ4v) is 4.82. The fraction of sp³-hybridized carbons (Fsp3) is 0.357. The summed E-state index contributed by atoms with van der Waals surface area (Å²) >= 11 is 0. The Morgan fingerprint density at radius 3 is 2.58 bits per heavy atom. The lowest BCUT2D eigenvalue weighted by Gasteiger charge is -2.23. The van der Waals surface area contributed by atoms with Gasteiger partial charge >= 0.3 is 5.97 Å². The number of aryl methyl sites for hydroxylation is 2. The molecule has 4 aromatic rings. The molecule has 3 aromatic heterocycles. The molecule has 1 amide bonds. The first-order chi connectivity index (χ1) is 18.0. The molecule has 1 aliphatic heterocycles. The second-order valence-electron chi connectivity index (χ2n) is 11.1. The molecule has 0 radical (unpaired) electrons. The Labute approximate surface area is 220 Å². The number of nitrogens with zero attached hydrogens (tertiary/aromatic N) is 5. The van der Waals surface area contributed by atoms with Crippen LogP contribution in [0.5, 0.6) is 0 Å². The second-order valence-corrected chi connectivity index (χ2v) is 11.1. The van der Waals surface area contributed by atoms with Crippen molar-refractivity contribution in [3.8, 4) is 11.5 Å². The van der Waals surface area contributed by atoms with Crippen LogP contribution in [0.1, 0.15) is 57.2 Å². The molecule has 0 saturated carbocycles. The average Bonchev–Trinajstić information content (AvgIpc) is 3.36. The van der Waals surface area contributed by atoms with E-state index in [1.165, 1.54) is 0 Å². The maximum atomic E-state index is 13.3. The lowest BCUT2D eigenvalue weighted by atomic mass is 9.77. The third-order valence-electron chi connectivity index (χ3n) is 7.07. The number of carbonyl (C=O) groups is 2. The summed E-state index contributed by atoms with van der Waals surface area (Å²) in [5.41, 5.74) is 8.94. The third kappa shape index (κ3) is 4.46. The van der Waals surface area contributed by atoms with Gasteiger partial charge in [0.05, 0.1) is 10.9 Å². The predicted molar refractivity (Wildman–Crippen MR) is 145 cm³/mol. The Hall–Kier alpha value is -4.34. The molecule has 10 nitrogen and oxygen atoms in total. The van der Waals surface area contributed by atoms with Crippen molar-refractivity contribution in [1.82, 2.24) is 24.7 Å². The van der Waals surface area contributed by atoms with Crippen LogP contribution in [-0.2, 0) is 28.0 Å². The minimum Gasteiger partial charge on any atom is -0.481 e. The number of carboxylic acid groups (broad SMARTS) is 1. The van der Waals surface area contributed by atoms with Gasteiger partial charge in [-0.25, -0.2) is 19.6 Å². The Kier molecular flexibility index (Phi) is 6.13. The van der Waals surface area contributed by atoms with E-state index in [0.29, 0.717) is 35.9 Å². The van der Waals surface area contributed by atoms with Crippen LogP contribution < -0.4 is 11.1 Å². The lowest BCUT2D eigenvalue weighted by Crippen LogP contribution is -2.33. The van der Waals surface area contributed by atoms with Crippen molar-refractivity contribution >= 4 is 34.5 Å². The van der Waals surface area contributed by atoms with Gasteiger partial charge in [-0.3, -0.25) is 9.59 Å². The Balaban J connectivity index is 1.54. The molecule has 0 spiro atoms. The van der Waals surface area contributed by atoms with E-state index >= 15 is 0 Å². The highest BCUT2D eigenvalue weighted by atomic mass is 16.4. The van der Waals surface area contributed by atoms with Crippen molar-refractivity contribution in [2.24, 2.45) is 5.41 Å². The normalized spacial score (nSPS) is 17.0. The van der Waals surface area contributed by atoms with Crippen LogP contribution in [0.2, 0.25) is 0 Å². The highest BCUT2D eigenvalue weighted by molar-refractivity contribution is 6.09. The molecule has 196 valence electrons. The van der Waals surface area contributed by atoms with Crippen molar-refractivity contribution in [1.29, 1.82) is 0 Å². The molecule has 4 heterocycles. The van der Waals surface area contributed by atoms with Crippen molar-refractivity contribution in [2.75, 3.05) is 11.1 Å². The molecule has 10 heteroatoms. The molecule has 1 atom stereocenters. The van der Waals surface area contributed by atoms with Gasteiger partial charge in [-0.2, -0.15) is 5.10 Å². The van der Waals surface area contributed by atoms with Gasteiger partial charge in [0, 0.05) is 19.2 Å². The van der Waals surface area contributed by atoms with Crippen LogP contribution in [0.15, 0.2) is 42.6 Å². The number of rotatable bonds is 7. The van der Waals surface area contributed by atoms with Crippen LogP contribution in [-0.4, -0.2) is 41.7 Å². The number of nitrogens with one attached hydrogen (secondary N) is 1. The number of anilines is 2. The zero-order chi connectivity index (χ0) is 27.2. The summed E-state index contributed by atoms with van der Waals surface area (Å²) in [4.78, 5) is 38.1. The number of fused-ring (bicyclic) bond motifs is 2. The van der Waals surface area contributed by atoms with Crippen LogP contribution in [0.4, 0.5) is 11.6 Å². The van der Waals surface area contributed by atoms with Gasteiger partial charge in [-0.15, -0.1) is 0 Å². The Morgan fingerprint density at radius 2 is 1.89 bits per heavy atom. The first-order valence-electron chi connectivity index (χ1n) is 12.6. The van der Waals surface area contributed by atoms with Crippen molar-refractivity contribution in [3.63, 3.8) is 0 Å². The van der Waals surface area contributed by atoms with Crippen molar-refractivity contribution < 1.29 is 14.7 Å². The summed E-state index contributed by atoms with van der Waals surface area (Å²) in [6.07, 6.45) is 3.10.